The zero-order valence-corrected chi connectivity index (χ0v) is 31.7. The number of fused-ring (bicyclic) bond motifs is 2. The van der Waals surface area contributed by atoms with Gasteiger partial charge in [-0.1, -0.05) is 54.1 Å². The Morgan fingerprint density at radius 2 is 1.17 bits per heavy atom. The second kappa shape index (κ2) is 15.5. The van der Waals surface area contributed by atoms with Gasteiger partial charge in [0.25, 0.3) is 0 Å². The van der Waals surface area contributed by atoms with Gasteiger partial charge >= 0.3 is 59.1 Å². The second-order valence-corrected chi connectivity index (χ2v) is 13.0. The number of azo groups is 2. The Balaban J connectivity index is 0.00000260. The van der Waals surface area contributed by atoms with Crippen molar-refractivity contribution in [2.75, 3.05) is 5.32 Å². The Labute approximate surface area is 321 Å². The van der Waals surface area contributed by atoms with Crippen LogP contribution in [-0.2, 0) is 20.2 Å². The molecule has 0 heterocycles. The molecule has 6 aromatic rings. The van der Waals surface area contributed by atoms with Gasteiger partial charge in [-0.3, -0.25) is 0 Å². The molecule has 0 saturated carbocycles. The van der Waals surface area contributed by atoms with E-state index in [0.717, 1.165) is 5.56 Å². The van der Waals surface area contributed by atoms with E-state index in [-0.39, 0.29) is 70.2 Å². The molecule has 0 radical (unpaired) electrons. The summed E-state index contributed by atoms with van der Waals surface area (Å²) in [6.07, 6.45) is 0. The molecule has 1 N–H and O–H groups in total. The van der Waals surface area contributed by atoms with Gasteiger partial charge in [-0.05, 0) is 73.7 Å². The first-order valence-corrected chi connectivity index (χ1v) is 16.6. The zero-order chi connectivity index (χ0) is 32.5. The fourth-order valence-corrected chi connectivity index (χ4v) is 6.10. The summed E-state index contributed by atoms with van der Waals surface area (Å²) in [4.78, 5) is -0.860. The number of rotatable bonds is 8. The van der Waals surface area contributed by atoms with E-state index in [0.29, 0.717) is 44.6 Å². The molecule has 11 nitrogen and oxygen atoms in total. The molecule has 0 unspecified atom stereocenters. The summed E-state index contributed by atoms with van der Waals surface area (Å²) in [5.74, 6) is 0. The number of nitrogens with zero attached hydrogens (tertiary/aromatic N) is 4. The van der Waals surface area contributed by atoms with Gasteiger partial charge in [-0.2, -0.15) is 5.11 Å². The normalized spacial score (nSPS) is 11.9. The minimum atomic E-state index is -4.87. The molecule has 0 bridgehead atoms. The summed E-state index contributed by atoms with van der Waals surface area (Å²) in [7, 11) is -9.64. The van der Waals surface area contributed by atoms with Crippen molar-refractivity contribution in [3.63, 3.8) is 0 Å². The molecule has 0 atom stereocenters. The Kier molecular flexibility index (Phi) is 12.1. The van der Waals surface area contributed by atoms with Crippen LogP contribution in [-0.4, -0.2) is 25.9 Å². The predicted octanol–water partition coefficient (Wildman–Crippen LogP) is 2.69. The fraction of sp³-hybridized carbons (Fsp3) is 0.0303. The molecule has 0 amide bonds. The van der Waals surface area contributed by atoms with Gasteiger partial charge in [0.1, 0.15) is 20.2 Å². The molecular formula is C33H23N5Na2O6S2. The van der Waals surface area contributed by atoms with Crippen LogP contribution < -0.4 is 64.4 Å². The van der Waals surface area contributed by atoms with Crippen molar-refractivity contribution in [3.8, 4) is 0 Å². The summed E-state index contributed by atoms with van der Waals surface area (Å²) in [6, 6.07) is 30.9. The van der Waals surface area contributed by atoms with Crippen molar-refractivity contribution >= 4 is 75.9 Å². The van der Waals surface area contributed by atoms with Crippen LogP contribution in [0.1, 0.15) is 5.56 Å². The van der Waals surface area contributed by atoms with Crippen LogP contribution in [0, 0.1) is 6.92 Å². The Morgan fingerprint density at radius 3 is 1.81 bits per heavy atom. The maximum atomic E-state index is 12.3. The van der Waals surface area contributed by atoms with Crippen molar-refractivity contribution in [2.45, 2.75) is 16.7 Å². The van der Waals surface area contributed by atoms with Gasteiger partial charge in [-0.15, -0.1) is 15.3 Å². The molecule has 0 aliphatic heterocycles. The average molecular weight is 696 g/mol. The molecule has 0 fully saturated rings. The first-order chi connectivity index (χ1) is 22.0. The van der Waals surface area contributed by atoms with E-state index >= 15 is 0 Å². The van der Waals surface area contributed by atoms with Crippen LogP contribution in [0.4, 0.5) is 34.1 Å². The third-order valence-corrected chi connectivity index (χ3v) is 8.82. The van der Waals surface area contributed by atoms with Crippen LogP contribution in [0.5, 0.6) is 0 Å². The van der Waals surface area contributed by atoms with Gasteiger partial charge in [0.05, 0.1) is 32.5 Å². The molecule has 48 heavy (non-hydrogen) atoms. The fourth-order valence-electron chi connectivity index (χ4n) is 4.89. The van der Waals surface area contributed by atoms with Crippen molar-refractivity contribution in [1.29, 1.82) is 0 Å². The van der Waals surface area contributed by atoms with E-state index in [1.807, 2.05) is 37.3 Å². The topological polar surface area (TPSA) is 176 Å². The summed E-state index contributed by atoms with van der Waals surface area (Å²) >= 11 is 0. The SMILES string of the molecule is Cc1ccc(Nc2ccc(N=Nc3ccc(N=Nc4ccccc4)c4cc(S(=O)(=O)[O-])ccc34)c3cccc(S(=O)(=O)[O-])c23)cc1.[Na+].[Na+]. The summed E-state index contributed by atoms with van der Waals surface area (Å²) in [6.45, 7) is 1.94. The zero-order valence-electron chi connectivity index (χ0n) is 26.0. The van der Waals surface area contributed by atoms with Gasteiger partial charge in [0, 0.05) is 32.9 Å². The first kappa shape index (κ1) is 37.5. The molecule has 6 aromatic carbocycles. The van der Waals surface area contributed by atoms with E-state index in [1.54, 1.807) is 54.6 Å². The smallest absolute Gasteiger partial charge is 0.744 e. The van der Waals surface area contributed by atoms with Crippen LogP contribution in [0.15, 0.2) is 146 Å². The monoisotopic (exact) mass is 695 g/mol. The van der Waals surface area contributed by atoms with E-state index in [1.165, 1.54) is 30.3 Å². The summed E-state index contributed by atoms with van der Waals surface area (Å²) < 4.78 is 72.3. The molecule has 0 aromatic heterocycles. The van der Waals surface area contributed by atoms with Gasteiger partial charge in [0.15, 0.2) is 0 Å². The minimum absolute atomic E-state index is 0. The molecule has 0 aliphatic rings. The van der Waals surface area contributed by atoms with E-state index in [9.17, 15) is 25.9 Å². The molecule has 0 spiro atoms. The third kappa shape index (κ3) is 8.44. The maximum absolute atomic E-state index is 12.3. The van der Waals surface area contributed by atoms with E-state index in [4.69, 9.17) is 0 Å². The number of anilines is 2. The first-order valence-electron chi connectivity index (χ1n) is 13.7. The van der Waals surface area contributed by atoms with Crippen LogP contribution in [0.25, 0.3) is 21.5 Å². The number of aryl methyl sites for hydroxylation is 1. The Morgan fingerprint density at radius 1 is 0.562 bits per heavy atom. The largest absolute Gasteiger partial charge is 1.00 e. The average Bonchev–Trinajstić information content (AvgIpc) is 3.03. The van der Waals surface area contributed by atoms with Crippen molar-refractivity contribution in [1.82, 2.24) is 0 Å². The number of hydrogen-bond acceptors (Lipinski definition) is 11. The molecule has 0 saturated heterocycles. The van der Waals surface area contributed by atoms with Gasteiger partial charge in [-0.25, -0.2) is 16.8 Å². The van der Waals surface area contributed by atoms with Crippen LogP contribution >= 0.6 is 0 Å². The molecule has 230 valence electrons. The predicted molar refractivity (Wildman–Crippen MR) is 173 cm³/mol. The van der Waals surface area contributed by atoms with Crippen LogP contribution in [0.3, 0.4) is 0 Å². The second-order valence-electron chi connectivity index (χ2n) is 10.3. The third-order valence-electron chi connectivity index (χ3n) is 7.10. The van der Waals surface area contributed by atoms with Crippen molar-refractivity contribution < 1.29 is 85.1 Å². The number of benzene rings is 6. The number of hydrogen-bond donors (Lipinski definition) is 1. The minimum Gasteiger partial charge on any atom is -0.744 e. The molecule has 15 heteroatoms. The maximum Gasteiger partial charge on any atom is 1.00 e. The van der Waals surface area contributed by atoms with Gasteiger partial charge < -0.3 is 14.4 Å². The van der Waals surface area contributed by atoms with Crippen molar-refractivity contribution in [3.05, 3.63) is 121 Å². The standard InChI is InChI=1S/C33H25N5O6S2.2Na/c1-21-10-12-22(13-11-21)34-31-19-18-29(26-8-5-9-32(33(26)31)46(42,43)44)38-37-28-16-17-30(36-35-23-6-3-2-4-7-23)27-20-24(45(39,40)41)14-15-25(27)28;;/h2-20,34H,1H3,(H,39,40,41)(H,42,43,44);;/q;2*+1/p-2. The van der Waals surface area contributed by atoms with Gasteiger partial charge in [0.2, 0.25) is 0 Å². The molecule has 0 aliphatic carbocycles. The Hall–Kier alpha value is -3.34. The Bertz CT molecular complexity index is 2410. The summed E-state index contributed by atoms with van der Waals surface area (Å²) in [5, 5.41) is 21.7. The number of nitrogens with one attached hydrogen (secondary N) is 1. The quantitative estimate of drug-likeness (QED) is 0.145. The van der Waals surface area contributed by atoms with Crippen molar-refractivity contribution in [2.24, 2.45) is 20.5 Å². The molecule has 6 rings (SSSR count). The van der Waals surface area contributed by atoms with E-state index < -0.39 is 30.0 Å². The molecular weight excluding hydrogens is 673 g/mol. The van der Waals surface area contributed by atoms with E-state index in [2.05, 4.69) is 25.8 Å². The summed E-state index contributed by atoms with van der Waals surface area (Å²) in [5.41, 5.74) is 3.57. The van der Waals surface area contributed by atoms with Crippen LogP contribution in [0.2, 0.25) is 0 Å².